The molecule has 1 N–H and O–H groups in total. The van der Waals surface area contributed by atoms with Crippen molar-refractivity contribution in [3.63, 3.8) is 0 Å². The van der Waals surface area contributed by atoms with Gasteiger partial charge in [-0.1, -0.05) is 0 Å². The van der Waals surface area contributed by atoms with Crippen LogP contribution in [0.2, 0.25) is 0 Å². The van der Waals surface area contributed by atoms with Gasteiger partial charge in [0.25, 0.3) is 5.91 Å². The van der Waals surface area contributed by atoms with Crippen LogP contribution >= 0.6 is 0 Å². The van der Waals surface area contributed by atoms with E-state index in [0.29, 0.717) is 44.2 Å². The molecule has 0 unspecified atom stereocenters. The first-order valence-electron chi connectivity index (χ1n) is 7.76. The van der Waals surface area contributed by atoms with Crippen LogP contribution in [0.4, 0.5) is 5.95 Å². The largest absolute Gasteiger partial charge is 0.467 e. The number of nitrogens with one attached hydrogen (secondary N) is 1. The third-order valence-electron chi connectivity index (χ3n) is 3.91. The average molecular weight is 329 g/mol. The summed E-state index contributed by atoms with van der Waals surface area (Å²) in [5, 5.41) is 3.03. The monoisotopic (exact) mass is 329 g/mol. The molecule has 0 radical (unpaired) electrons. The summed E-state index contributed by atoms with van der Waals surface area (Å²) in [6, 6.07) is 3.66. The predicted octanol–water partition coefficient (Wildman–Crippen LogP) is 0.986. The Balaban J connectivity index is 1.55. The smallest absolute Gasteiger partial charge is 0.257 e. The molecule has 0 atom stereocenters. The van der Waals surface area contributed by atoms with E-state index < -0.39 is 0 Å². The highest BCUT2D eigenvalue weighted by atomic mass is 16.3. The van der Waals surface area contributed by atoms with E-state index in [1.165, 1.54) is 12.4 Å². The average Bonchev–Trinajstić information content (AvgIpc) is 3.13. The molecule has 0 aromatic carbocycles. The van der Waals surface area contributed by atoms with E-state index in [-0.39, 0.29) is 11.8 Å². The van der Waals surface area contributed by atoms with E-state index in [9.17, 15) is 9.59 Å². The maximum Gasteiger partial charge on any atom is 0.257 e. The molecule has 2 aromatic heterocycles. The third kappa shape index (κ3) is 3.70. The number of carbonyl (C=O) groups excluding carboxylic acids is 2. The van der Waals surface area contributed by atoms with Crippen LogP contribution in [0.5, 0.6) is 0 Å². The first-order chi connectivity index (χ1) is 11.6. The van der Waals surface area contributed by atoms with Crippen LogP contribution in [0, 0.1) is 0 Å². The van der Waals surface area contributed by atoms with Gasteiger partial charge >= 0.3 is 0 Å². The Morgan fingerprint density at radius 3 is 2.42 bits per heavy atom. The Morgan fingerprint density at radius 1 is 1.17 bits per heavy atom. The van der Waals surface area contributed by atoms with Crippen LogP contribution in [0.25, 0.3) is 0 Å². The van der Waals surface area contributed by atoms with Crippen LogP contribution in [-0.4, -0.2) is 57.8 Å². The molecule has 3 heterocycles. The standard InChI is InChI=1S/C16H19N5O3/c1-12(22)20-4-6-21(7-5-20)15(23)13-9-17-16(18-10-13)19-11-14-3-2-8-24-14/h2-3,8-10H,4-7,11H2,1H3,(H,17,18,19). The Hall–Kier alpha value is -2.90. The van der Waals surface area contributed by atoms with Gasteiger partial charge in [-0.3, -0.25) is 9.59 Å². The Labute approximate surface area is 139 Å². The molecule has 24 heavy (non-hydrogen) atoms. The molecule has 8 nitrogen and oxygen atoms in total. The van der Waals surface area contributed by atoms with E-state index in [2.05, 4.69) is 15.3 Å². The van der Waals surface area contributed by atoms with Crippen molar-refractivity contribution in [2.75, 3.05) is 31.5 Å². The van der Waals surface area contributed by atoms with Crippen LogP contribution in [0.15, 0.2) is 35.2 Å². The van der Waals surface area contributed by atoms with Crippen molar-refractivity contribution in [2.45, 2.75) is 13.5 Å². The number of amides is 2. The number of anilines is 1. The maximum absolute atomic E-state index is 12.4. The van der Waals surface area contributed by atoms with Crippen molar-refractivity contribution in [2.24, 2.45) is 0 Å². The molecule has 126 valence electrons. The Bertz CT molecular complexity index is 691. The zero-order valence-electron chi connectivity index (χ0n) is 13.4. The Morgan fingerprint density at radius 2 is 1.83 bits per heavy atom. The van der Waals surface area contributed by atoms with E-state index >= 15 is 0 Å². The second kappa shape index (κ2) is 7.12. The lowest BCUT2D eigenvalue weighted by Gasteiger charge is -2.34. The highest BCUT2D eigenvalue weighted by Crippen LogP contribution is 2.10. The van der Waals surface area contributed by atoms with Crippen molar-refractivity contribution >= 4 is 17.8 Å². The zero-order chi connectivity index (χ0) is 16.9. The number of hydrogen-bond acceptors (Lipinski definition) is 6. The number of rotatable bonds is 4. The molecule has 1 fully saturated rings. The van der Waals surface area contributed by atoms with Gasteiger partial charge in [0.05, 0.1) is 18.4 Å². The number of carbonyl (C=O) groups is 2. The number of hydrogen-bond donors (Lipinski definition) is 1. The highest BCUT2D eigenvalue weighted by Gasteiger charge is 2.23. The number of nitrogens with zero attached hydrogens (tertiary/aromatic N) is 4. The van der Waals surface area contributed by atoms with Crippen molar-refractivity contribution in [3.8, 4) is 0 Å². The van der Waals surface area contributed by atoms with Gasteiger partial charge in [0, 0.05) is 45.5 Å². The summed E-state index contributed by atoms with van der Waals surface area (Å²) in [5.74, 6) is 1.14. The molecule has 2 amide bonds. The molecule has 2 aromatic rings. The summed E-state index contributed by atoms with van der Waals surface area (Å²) in [6.45, 7) is 4.19. The lowest BCUT2D eigenvalue weighted by Crippen LogP contribution is -2.50. The first-order valence-corrected chi connectivity index (χ1v) is 7.76. The molecule has 0 bridgehead atoms. The minimum Gasteiger partial charge on any atom is -0.467 e. The van der Waals surface area contributed by atoms with Gasteiger partial charge < -0.3 is 19.5 Å². The number of furan rings is 1. The molecule has 8 heteroatoms. The van der Waals surface area contributed by atoms with E-state index in [1.807, 2.05) is 12.1 Å². The fraction of sp³-hybridized carbons (Fsp3) is 0.375. The van der Waals surface area contributed by atoms with Gasteiger partial charge in [0.2, 0.25) is 11.9 Å². The van der Waals surface area contributed by atoms with Gasteiger partial charge in [-0.25, -0.2) is 9.97 Å². The van der Waals surface area contributed by atoms with E-state index in [4.69, 9.17) is 4.42 Å². The number of aromatic nitrogens is 2. The van der Waals surface area contributed by atoms with Crippen LogP contribution in [0.1, 0.15) is 23.0 Å². The Kier molecular flexibility index (Phi) is 4.74. The summed E-state index contributed by atoms with van der Waals surface area (Å²) in [5.41, 5.74) is 0.440. The lowest BCUT2D eigenvalue weighted by atomic mass is 10.2. The summed E-state index contributed by atoms with van der Waals surface area (Å²) >= 11 is 0. The van der Waals surface area contributed by atoms with Gasteiger partial charge in [-0.15, -0.1) is 0 Å². The molecular formula is C16H19N5O3. The zero-order valence-corrected chi connectivity index (χ0v) is 13.4. The second-order valence-electron chi connectivity index (χ2n) is 5.53. The molecule has 0 spiro atoms. The summed E-state index contributed by atoms with van der Waals surface area (Å²) in [4.78, 5) is 35.5. The topological polar surface area (TPSA) is 91.6 Å². The van der Waals surface area contributed by atoms with Gasteiger partial charge in [0.1, 0.15) is 5.76 Å². The molecule has 0 aliphatic carbocycles. The SMILES string of the molecule is CC(=O)N1CCN(C(=O)c2cnc(NCc3ccco3)nc2)CC1. The number of piperazine rings is 1. The third-order valence-corrected chi connectivity index (χ3v) is 3.91. The maximum atomic E-state index is 12.4. The second-order valence-corrected chi connectivity index (χ2v) is 5.53. The summed E-state index contributed by atoms with van der Waals surface area (Å²) in [7, 11) is 0. The molecule has 1 aliphatic heterocycles. The van der Waals surface area contributed by atoms with Crippen molar-refractivity contribution in [1.29, 1.82) is 0 Å². The summed E-state index contributed by atoms with van der Waals surface area (Å²) in [6.07, 6.45) is 4.62. The molecule has 0 saturated carbocycles. The van der Waals surface area contributed by atoms with Crippen LogP contribution in [-0.2, 0) is 11.3 Å². The van der Waals surface area contributed by atoms with Crippen LogP contribution in [0.3, 0.4) is 0 Å². The lowest BCUT2D eigenvalue weighted by molar-refractivity contribution is -0.130. The molecular weight excluding hydrogens is 310 g/mol. The summed E-state index contributed by atoms with van der Waals surface area (Å²) < 4.78 is 5.22. The van der Waals surface area contributed by atoms with Crippen molar-refractivity contribution < 1.29 is 14.0 Å². The highest BCUT2D eigenvalue weighted by molar-refractivity contribution is 5.93. The van der Waals surface area contributed by atoms with Crippen LogP contribution < -0.4 is 5.32 Å². The van der Waals surface area contributed by atoms with Crippen molar-refractivity contribution in [3.05, 3.63) is 42.1 Å². The van der Waals surface area contributed by atoms with E-state index in [0.717, 1.165) is 5.76 Å². The molecule has 3 rings (SSSR count). The fourth-order valence-electron chi connectivity index (χ4n) is 2.52. The minimum atomic E-state index is -0.115. The molecule has 1 aliphatic rings. The quantitative estimate of drug-likeness (QED) is 0.899. The fourth-order valence-corrected chi connectivity index (χ4v) is 2.52. The van der Waals surface area contributed by atoms with Gasteiger partial charge in [-0.05, 0) is 12.1 Å². The molecule has 1 saturated heterocycles. The minimum absolute atomic E-state index is 0.0393. The van der Waals surface area contributed by atoms with Gasteiger partial charge in [-0.2, -0.15) is 0 Å². The first kappa shape index (κ1) is 16.0. The normalized spacial score (nSPS) is 14.5. The van der Waals surface area contributed by atoms with E-state index in [1.54, 1.807) is 23.0 Å². The predicted molar refractivity (Wildman–Crippen MR) is 86.2 cm³/mol. The van der Waals surface area contributed by atoms with Crippen molar-refractivity contribution in [1.82, 2.24) is 19.8 Å². The van der Waals surface area contributed by atoms with Gasteiger partial charge in [0.15, 0.2) is 0 Å².